The zero-order valence-electron chi connectivity index (χ0n) is 13.3. The van der Waals surface area contributed by atoms with Crippen molar-refractivity contribution < 1.29 is 9.53 Å². The van der Waals surface area contributed by atoms with Crippen LogP contribution in [0.3, 0.4) is 0 Å². The number of carbonyl (C=O) groups is 1. The maximum absolute atomic E-state index is 12.7. The molecule has 1 aromatic carbocycles. The molecular weight excluding hydrogens is 300 g/mol. The van der Waals surface area contributed by atoms with Gasteiger partial charge in [-0.1, -0.05) is 30.7 Å². The summed E-state index contributed by atoms with van der Waals surface area (Å²) in [7, 11) is 1.63. The Labute approximate surface area is 137 Å². The minimum absolute atomic E-state index is 0.0114. The van der Waals surface area contributed by atoms with E-state index in [1.807, 2.05) is 24.3 Å². The molecule has 122 valence electrons. The van der Waals surface area contributed by atoms with Crippen LogP contribution >= 0.6 is 11.6 Å². The number of carbonyl (C=O) groups excluding carboxylic acids is 1. The highest BCUT2D eigenvalue weighted by Gasteiger charge is 2.40. The highest BCUT2D eigenvalue weighted by Crippen LogP contribution is 2.23. The minimum atomic E-state index is -0.682. The van der Waals surface area contributed by atoms with E-state index < -0.39 is 5.60 Å². The van der Waals surface area contributed by atoms with E-state index in [1.54, 1.807) is 7.11 Å². The third kappa shape index (κ3) is 4.22. The first-order chi connectivity index (χ1) is 10.6. The van der Waals surface area contributed by atoms with Crippen LogP contribution in [0, 0.1) is 0 Å². The third-order valence-electron chi connectivity index (χ3n) is 4.44. The van der Waals surface area contributed by atoms with Crippen molar-refractivity contribution in [3.05, 3.63) is 34.9 Å². The molecule has 1 amide bonds. The van der Waals surface area contributed by atoms with Gasteiger partial charge < -0.3 is 15.4 Å². The van der Waals surface area contributed by atoms with Gasteiger partial charge in [-0.3, -0.25) is 4.79 Å². The molecule has 0 saturated carbocycles. The molecule has 1 unspecified atom stereocenters. The summed E-state index contributed by atoms with van der Waals surface area (Å²) in [5.41, 5.74) is 0.492. The van der Waals surface area contributed by atoms with Gasteiger partial charge in [-0.2, -0.15) is 0 Å². The number of nitrogens with one attached hydrogen (secondary N) is 2. The number of methoxy groups -OCH3 is 1. The molecule has 0 aliphatic carbocycles. The zero-order chi connectivity index (χ0) is 16.0. The second kappa shape index (κ2) is 7.95. The van der Waals surface area contributed by atoms with Gasteiger partial charge in [-0.05, 0) is 56.5 Å². The van der Waals surface area contributed by atoms with E-state index >= 15 is 0 Å². The summed E-state index contributed by atoms with van der Waals surface area (Å²) >= 11 is 5.91. The van der Waals surface area contributed by atoms with Crippen LogP contribution in [-0.4, -0.2) is 37.7 Å². The normalized spacial score (nSPS) is 18.7. The fraction of sp³-hybridized carbons (Fsp3) is 0.588. The third-order valence-corrected chi connectivity index (χ3v) is 4.69. The van der Waals surface area contributed by atoms with Crippen molar-refractivity contribution in [1.82, 2.24) is 10.6 Å². The highest BCUT2D eigenvalue weighted by molar-refractivity contribution is 6.30. The van der Waals surface area contributed by atoms with Gasteiger partial charge in [-0.25, -0.2) is 0 Å². The Balaban J connectivity index is 1.99. The van der Waals surface area contributed by atoms with Crippen molar-refractivity contribution in [3.63, 3.8) is 0 Å². The fourth-order valence-corrected chi connectivity index (χ4v) is 3.00. The Hall–Kier alpha value is -1.10. The molecule has 22 heavy (non-hydrogen) atoms. The number of benzene rings is 1. The number of halogens is 1. The molecule has 0 bridgehead atoms. The van der Waals surface area contributed by atoms with Gasteiger partial charge >= 0.3 is 0 Å². The van der Waals surface area contributed by atoms with Crippen LogP contribution in [0.5, 0.6) is 0 Å². The van der Waals surface area contributed by atoms with E-state index in [-0.39, 0.29) is 11.9 Å². The molecule has 1 atom stereocenters. The topological polar surface area (TPSA) is 50.4 Å². The van der Waals surface area contributed by atoms with Crippen LogP contribution in [0.1, 0.15) is 31.7 Å². The Morgan fingerprint density at radius 3 is 2.55 bits per heavy atom. The molecule has 1 saturated heterocycles. The van der Waals surface area contributed by atoms with Crippen LogP contribution < -0.4 is 10.6 Å². The van der Waals surface area contributed by atoms with Crippen molar-refractivity contribution in [2.75, 3.05) is 20.2 Å². The lowest BCUT2D eigenvalue weighted by Gasteiger charge is -2.36. The summed E-state index contributed by atoms with van der Waals surface area (Å²) in [4.78, 5) is 12.7. The van der Waals surface area contributed by atoms with E-state index in [0.29, 0.717) is 12.8 Å². The van der Waals surface area contributed by atoms with Gasteiger partial charge in [0.2, 0.25) is 0 Å². The molecule has 5 heteroatoms. The molecule has 0 radical (unpaired) electrons. The second-order valence-corrected chi connectivity index (χ2v) is 6.29. The zero-order valence-corrected chi connectivity index (χ0v) is 14.1. The van der Waals surface area contributed by atoms with E-state index in [2.05, 4.69) is 17.6 Å². The van der Waals surface area contributed by atoms with E-state index in [4.69, 9.17) is 16.3 Å². The summed E-state index contributed by atoms with van der Waals surface area (Å²) in [5, 5.41) is 7.17. The smallest absolute Gasteiger partial charge is 0.252 e. The molecule has 4 nitrogen and oxygen atoms in total. The number of piperidine rings is 1. The average Bonchev–Trinajstić information content (AvgIpc) is 2.56. The van der Waals surface area contributed by atoms with Crippen molar-refractivity contribution in [2.24, 2.45) is 0 Å². The maximum Gasteiger partial charge on any atom is 0.252 e. The van der Waals surface area contributed by atoms with Gasteiger partial charge in [-0.15, -0.1) is 0 Å². The van der Waals surface area contributed by atoms with Gasteiger partial charge in [0.1, 0.15) is 5.60 Å². The molecule has 2 N–H and O–H groups in total. The fourth-order valence-electron chi connectivity index (χ4n) is 2.87. The summed E-state index contributed by atoms with van der Waals surface area (Å²) in [6.45, 7) is 3.72. The lowest BCUT2D eigenvalue weighted by Crippen LogP contribution is -2.56. The van der Waals surface area contributed by atoms with Crippen molar-refractivity contribution in [1.29, 1.82) is 0 Å². The Morgan fingerprint density at radius 2 is 2.00 bits per heavy atom. The standard InChI is InChI=1S/C17H25ClN2O2/c1-3-15(12-13-4-6-14(18)7-5-13)20-16(21)17(22-2)8-10-19-11-9-17/h4-7,15,19H,3,8-12H2,1-2H3,(H,20,21). The molecule has 1 aliphatic rings. The van der Waals surface area contributed by atoms with Crippen LogP contribution in [-0.2, 0) is 16.0 Å². The Kier molecular flexibility index (Phi) is 6.24. The SMILES string of the molecule is CCC(Cc1ccc(Cl)cc1)NC(=O)C1(OC)CCNCC1. The number of amides is 1. The van der Waals surface area contributed by atoms with Crippen molar-refractivity contribution in [3.8, 4) is 0 Å². The number of hydrogen-bond donors (Lipinski definition) is 2. The monoisotopic (exact) mass is 324 g/mol. The maximum atomic E-state index is 12.7. The summed E-state index contributed by atoms with van der Waals surface area (Å²) in [6.07, 6.45) is 3.11. The molecule has 0 aromatic heterocycles. The van der Waals surface area contributed by atoms with Gasteiger partial charge in [0.15, 0.2) is 0 Å². The largest absolute Gasteiger partial charge is 0.368 e. The molecule has 1 aromatic rings. The van der Waals surface area contributed by atoms with E-state index in [9.17, 15) is 4.79 Å². The van der Waals surface area contributed by atoms with Crippen LogP contribution in [0.15, 0.2) is 24.3 Å². The lowest BCUT2D eigenvalue weighted by atomic mass is 9.90. The van der Waals surface area contributed by atoms with Crippen LogP contribution in [0.25, 0.3) is 0 Å². The summed E-state index contributed by atoms with van der Waals surface area (Å²) in [6, 6.07) is 7.89. The minimum Gasteiger partial charge on any atom is -0.368 e. The molecule has 0 spiro atoms. The Bertz CT molecular complexity index is 484. The molecule has 1 aliphatic heterocycles. The predicted octanol–water partition coefficient (Wildman–Crippen LogP) is 2.55. The first-order valence-corrected chi connectivity index (χ1v) is 8.28. The van der Waals surface area contributed by atoms with Crippen LogP contribution in [0.2, 0.25) is 5.02 Å². The van der Waals surface area contributed by atoms with Crippen LogP contribution in [0.4, 0.5) is 0 Å². The predicted molar refractivity (Wildman–Crippen MR) is 89.2 cm³/mol. The molecule has 1 fully saturated rings. The van der Waals surface area contributed by atoms with Gasteiger partial charge in [0.25, 0.3) is 5.91 Å². The number of ether oxygens (including phenoxy) is 1. The van der Waals surface area contributed by atoms with E-state index in [0.717, 1.165) is 31.0 Å². The molecular formula is C17H25ClN2O2. The lowest BCUT2D eigenvalue weighted by molar-refractivity contribution is -0.147. The van der Waals surface area contributed by atoms with Gasteiger partial charge in [0, 0.05) is 18.2 Å². The Morgan fingerprint density at radius 1 is 1.36 bits per heavy atom. The number of hydrogen-bond acceptors (Lipinski definition) is 3. The first-order valence-electron chi connectivity index (χ1n) is 7.91. The van der Waals surface area contributed by atoms with Crippen molar-refractivity contribution in [2.45, 2.75) is 44.2 Å². The summed E-state index contributed by atoms with van der Waals surface area (Å²) in [5.74, 6) is 0.0114. The van der Waals surface area contributed by atoms with Crippen molar-refractivity contribution >= 4 is 17.5 Å². The quantitative estimate of drug-likeness (QED) is 0.845. The molecule has 1 heterocycles. The molecule has 2 rings (SSSR count). The highest BCUT2D eigenvalue weighted by atomic mass is 35.5. The number of rotatable bonds is 6. The summed E-state index contributed by atoms with van der Waals surface area (Å²) < 4.78 is 5.58. The van der Waals surface area contributed by atoms with E-state index in [1.165, 1.54) is 5.56 Å². The second-order valence-electron chi connectivity index (χ2n) is 5.86. The average molecular weight is 325 g/mol. The first kappa shape index (κ1) is 17.3. The van der Waals surface area contributed by atoms with Gasteiger partial charge in [0.05, 0.1) is 0 Å².